The van der Waals surface area contributed by atoms with Gasteiger partial charge in [-0.1, -0.05) is 0 Å². The Morgan fingerprint density at radius 3 is 2.35 bits per heavy atom. The number of carbonyl (C=O) groups is 1. The SMILES string of the molecule is COc1c(C(=O)O)cnn1-c1ccc(C(F)(F)F)cc1. The fraction of sp³-hybridized carbons (Fsp3) is 0.167. The lowest BCUT2D eigenvalue weighted by Gasteiger charge is -2.09. The van der Waals surface area contributed by atoms with Gasteiger partial charge in [0.2, 0.25) is 5.88 Å². The van der Waals surface area contributed by atoms with Crippen molar-refractivity contribution in [2.24, 2.45) is 0 Å². The molecular formula is C12H9F3N2O3. The van der Waals surface area contributed by atoms with Crippen LogP contribution >= 0.6 is 0 Å². The Labute approximate surface area is 111 Å². The molecule has 0 bridgehead atoms. The second kappa shape index (κ2) is 4.87. The molecule has 20 heavy (non-hydrogen) atoms. The monoisotopic (exact) mass is 286 g/mol. The Bertz CT molecular complexity index is 632. The number of hydrogen-bond acceptors (Lipinski definition) is 3. The Morgan fingerprint density at radius 1 is 1.30 bits per heavy atom. The molecule has 106 valence electrons. The van der Waals surface area contributed by atoms with E-state index in [1.54, 1.807) is 0 Å². The molecule has 0 saturated heterocycles. The molecule has 0 fully saturated rings. The van der Waals surface area contributed by atoms with E-state index in [-0.39, 0.29) is 17.1 Å². The minimum absolute atomic E-state index is 0.0581. The molecule has 1 N–H and O–H groups in total. The Hall–Kier alpha value is -2.51. The van der Waals surface area contributed by atoms with Crippen molar-refractivity contribution in [3.8, 4) is 11.6 Å². The van der Waals surface area contributed by atoms with Gasteiger partial charge in [0.15, 0.2) is 0 Å². The van der Waals surface area contributed by atoms with Gasteiger partial charge in [0.1, 0.15) is 5.56 Å². The van der Waals surface area contributed by atoms with Gasteiger partial charge >= 0.3 is 12.1 Å². The molecule has 0 radical (unpaired) electrons. The van der Waals surface area contributed by atoms with Crippen LogP contribution in [0.15, 0.2) is 30.5 Å². The average molecular weight is 286 g/mol. The summed E-state index contributed by atoms with van der Waals surface area (Å²) >= 11 is 0. The highest BCUT2D eigenvalue weighted by Crippen LogP contribution is 2.30. The van der Waals surface area contributed by atoms with Crippen LogP contribution < -0.4 is 4.74 Å². The van der Waals surface area contributed by atoms with Crippen LogP contribution in [0.25, 0.3) is 5.69 Å². The number of halogens is 3. The van der Waals surface area contributed by atoms with Gasteiger partial charge in [-0.25, -0.2) is 9.48 Å². The molecule has 2 aromatic rings. The highest BCUT2D eigenvalue weighted by molar-refractivity contribution is 5.90. The van der Waals surface area contributed by atoms with E-state index in [1.807, 2.05) is 0 Å². The summed E-state index contributed by atoms with van der Waals surface area (Å²) in [5.74, 6) is -1.29. The van der Waals surface area contributed by atoms with Gasteiger partial charge in [0.05, 0.1) is 24.6 Å². The molecule has 1 heterocycles. The summed E-state index contributed by atoms with van der Waals surface area (Å²) < 4.78 is 43.4. The Morgan fingerprint density at radius 2 is 1.90 bits per heavy atom. The first-order chi connectivity index (χ1) is 9.34. The molecule has 5 nitrogen and oxygen atoms in total. The molecule has 2 rings (SSSR count). The minimum Gasteiger partial charge on any atom is -0.480 e. The molecule has 0 saturated carbocycles. The number of carboxylic acid groups (broad SMARTS) is 1. The maximum Gasteiger partial charge on any atom is 0.416 e. The predicted octanol–water partition coefficient (Wildman–Crippen LogP) is 2.60. The number of nitrogens with zero attached hydrogens (tertiary/aromatic N) is 2. The largest absolute Gasteiger partial charge is 0.480 e. The topological polar surface area (TPSA) is 64.3 Å². The number of methoxy groups -OCH3 is 1. The minimum atomic E-state index is -4.43. The molecule has 0 spiro atoms. The van der Waals surface area contributed by atoms with E-state index in [2.05, 4.69) is 5.10 Å². The third-order valence-corrected chi connectivity index (χ3v) is 2.59. The van der Waals surface area contributed by atoms with Gasteiger partial charge in [-0.05, 0) is 24.3 Å². The second-order valence-corrected chi connectivity index (χ2v) is 3.83. The number of alkyl halides is 3. The normalized spacial score (nSPS) is 11.4. The average Bonchev–Trinajstić information content (AvgIpc) is 2.81. The van der Waals surface area contributed by atoms with Gasteiger partial charge in [0, 0.05) is 0 Å². The zero-order valence-corrected chi connectivity index (χ0v) is 10.2. The molecule has 0 aliphatic rings. The van der Waals surface area contributed by atoms with E-state index in [0.717, 1.165) is 23.0 Å². The zero-order chi connectivity index (χ0) is 14.9. The van der Waals surface area contributed by atoms with Gasteiger partial charge < -0.3 is 9.84 Å². The summed E-state index contributed by atoms with van der Waals surface area (Å²) in [4.78, 5) is 10.9. The number of carboxylic acids is 1. The van der Waals surface area contributed by atoms with Crippen molar-refractivity contribution < 1.29 is 27.8 Å². The van der Waals surface area contributed by atoms with E-state index in [9.17, 15) is 18.0 Å². The fourth-order valence-electron chi connectivity index (χ4n) is 1.66. The Kier molecular flexibility index (Phi) is 3.39. The smallest absolute Gasteiger partial charge is 0.416 e. The lowest BCUT2D eigenvalue weighted by Crippen LogP contribution is -2.06. The molecule has 0 aliphatic heterocycles. The summed E-state index contributed by atoms with van der Waals surface area (Å²) in [7, 11) is 1.25. The number of hydrogen-bond donors (Lipinski definition) is 1. The van der Waals surface area contributed by atoms with E-state index in [0.29, 0.717) is 0 Å². The lowest BCUT2D eigenvalue weighted by atomic mass is 10.2. The zero-order valence-electron chi connectivity index (χ0n) is 10.2. The number of rotatable bonds is 3. The van der Waals surface area contributed by atoms with Crippen molar-refractivity contribution in [1.29, 1.82) is 0 Å². The number of benzene rings is 1. The van der Waals surface area contributed by atoms with E-state index in [1.165, 1.54) is 19.2 Å². The number of aromatic carboxylic acids is 1. The summed E-state index contributed by atoms with van der Waals surface area (Å²) in [6.45, 7) is 0. The summed E-state index contributed by atoms with van der Waals surface area (Å²) in [5.41, 5.74) is -0.708. The van der Waals surface area contributed by atoms with Crippen LogP contribution in [-0.2, 0) is 6.18 Å². The molecule has 1 aromatic heterocycles. The van der Waals surface area contributed by atoms with E-state index in [4.69, 9.17) is 9.84 Å². The maximum absolute atomic E-state index is 12.5. The third kappa shape index (κ3) is 2.44. The van der Waals surface area contributed by atoms with E-state index < -0.39 is 17.7 Å². The molecule has 0 unspecified atom stereocenters. The van der Waals surface area contributed by atoms with Crippen molar-refractivity contribution >= 4 is 5.97 Å². The predicted molar refractivity (Wildman–Crippen MR) is 62.1 cm³/mol. The van der Waals surface area contributed by atoms with Crippen LogP contribution in [-0.4, -0.2) is 28.0 Å². The first kappa shape index (κ1) is 13.9. The second-order valence-electron chi connectivity index (χ2n) is 3.83. The number of ether oxygens (including phenoxy) is 1. The maximum atomic E-state index is 12.5. The first-order valence-corrected chi connectivity index (χ1v) is 5.37. The number of aromatic nitrogens is 2. The summed E-state index contributed by atoms with van der Waals surface area (Å²) in [6, 6.07) is 4.14. The standard InChI is InChI=1S/C12H9F3N2O3/c1-20-10-9(11(18)19)6-16-17(10)8-4-2-7(3-5-8)12(13,14)15/h2-6H,1H3,(H,18,19). The summed E-state index contributed by atoms with van der Waals surface area (Å²) in [6.07, 6.45) is -3.36. The third-order valence-electron chi connectivity index (χ3n) is 2.59. The lowest BCUT2D eigenvalue weighted by molar-refractivity contribution is -0.137. The molecule has 0 atom stereocenters. The van der Waals surface area contributed by atoms with Crippen LogP contribution in [0, 0.1) is 0 Å². The fourth-order valence-corrected chi connectivity index (χ4v) is 1.66. The molecule has 0 amide bonds. The molecule has 0 aliphatic carbocycles. The Balaban J connectivity index is 2.45. The van der Waals surface area contributed by atoms with Crippen molar-refractivity contribution in [3.63, 3.8) is 0 Å². The van der Waals surface area contributed by atoms with Gasteiger partial charge in [-0.2, -0.15) is 18.3 Å². The molecule has 8 heteroatoms. The van der Waals surface area contributed by atoms with Crippen LogP contribution in [0.2, 0.25) is 0 Å². The van der Waals surface area contributed by atoms with Crippen molar-refractivity contribution in [2.75, 3.05) is 7.11 Å². The van der Waals surface area contributed by atoms with Crippen molar-refractivity contribution in [1.82, 2.24) is 9.78 Å². The highest BCUT2D eigenvalue weighted by Gasteiger charge is 2.30. The van der Waals surface area contributed by atoms with Gasteiger partial charge in [0.25, 0.3) is 0 Å². The van der Waals surface area contributed by atoms with Crippen LogP contribution in [0.4, 0.5) is 13.2 Å². The summed E-state index contributed by atoms with van der Waals surface area (Å²) in [5, 5.41) is 12.7. The van der Waals surface area contributed by atoms with Crippen molar-refractivity contribution in [2.45, 2.75) is 6.18 Å². The molecular weight excluding hydrogens is 277 g/mol. The molecule has 1 aromatic carbocycles. The van der Waals surface area contributed by atoms with Gasteiger partial charge in [-0.15, -0.1) is 0 Å². The van der Waals surface area contributed by atoms with E-state index >= 15 is 0 Å². The quantitative estimate of drug-likeness (QED) is 0.942. The van der Waals surface area contributed by atoms with Crippen LogP contribution in [0.1, 0.15) is 15.9 Å². The van der Waals surface area contributed by atoms with Gasteiger partial charge in [-0.3, -0.25) is 0 Å². The van der Waals surface area contributed by atoms with Crippen molar-refractivity contribution in [3.05, 3.63) is 41.6 Å². The van der Waals surface area contributed by atoms with Crippen LogP contribution in [0.5, 0.6) is 5.88 Å². The highest BCUT2D eigenvalue weighted by atomic mass is 19.4. The first-order valence-electron chi connectivity index (χ1n) is 5.37. The van der Waals surface area contributed by atoms with Crippen LogP contribution in [0.3, 0.4) is 0 Å².